The molecule has 0 spiro atoms. The second-order valence-electron chi connectivity index (χ2n) is 4.59. The van der Waals surface area contributed by atoms with Crippen molar-refractivity contribution in [1.29, 1.82) is 0 Å². The Morgan fingerprint density at radius 3 is 2.58 bits per heavy atom. The Morgan fingerprint density at radius 2 is 2.00 bits per heavy atom. The van der Waals surface area contributed by atoms with Crippen molar-refractivity contribution in [3.63, 3.8) is 0 Å². The molecule has 0 bridgehead atoms. The molecule has 1 atom stereocenters. The van der Waals surface area contributed by atoms with Crippen LogP contribution in [-0.4, -0.2) is 36.4 Å². The summed E-state index contributed by atoms with van der Waals surface area (Å²) in [5, 5.41) is 0. The largest absolute Gasteiger partial charge is 0.484 e. The van der Waals surface area contributed by atoms with Gasteiger partial charge in [-0.25, -0.2) is 0 Å². The van der Waals surface area contributed by atoms with E-state index in [1.807, 2.05) is 0 Å². The topological polar surface area (TPSA) is 98.7 Å². The molecule has 1 aromatic rings. The molecule has 2 amide bonds. The van der Waals surface area contributed by atoms with Crippen LogP contribution in [0, 0.1) is 5.92 Å². The van der Waals surface area contributed by atoms with Crippen molar-refractivity contribution in [2.45, 2.75) is 6.42 Å². The van der Waals surface area contributed by atoms with Crippen LogP contribution in [0.3, 0.4) is 0 Å². The van der Waals surface area contributed by atoms with Crippen molar-refractivity contribution in [2.75, 3.05) is 25.4 Å². The molecule has 2 rings (SSSR count). The molecule has 1 aliphatic rings. The second-order valence-corrected chi connectivity index (χ2v) is 4.59. The van der Waals surface area contributed by atoms with Gasteiger partial charge >= 0.3 is 0 Å². The highest BCUT2D eigenvalue weighted by Crippen LogP contribution is 2.17. The summed E-state index contributed by atoms with van der Waals surface area (Å²) < 4.78 is 5.37. The Balaban J connectivity index is 1.82. The summed E-state index contributed by atoms with van der Waals surface area (Å²) in [6, 6.07) is 6.83. The van der Waals surface area contributed by atoms with Gasteiger partial charge in [-0.05, 0) is 30.7 Å². The Hall–Kier alpha value is -2.24. The lowest BCUT2D eigenvalue weighted by Crippen LogP contribution is -2.34. The number of carbonyl (C=O) groups is 2. The molecular weight excluding hydrogens is 246 g/mol. The zero-order valence-corrected chi connectivity index (χ0v) is 10.5. The molecule has 6 heteroatoms. The number of nitrogens with zero attached hydrogens (tertiary/aromatic N) is 1. The highest BCUT2D eigenvalue weighted by molar-refractivity contribution is 5.81. The van der Waals surface area contributed by atoms with Crippen LogP contribution in [0.15, 0.2) is 24.3 Å². The second kappa shape index (κ2) is 5.60. The predicted octanol–water partition coefficient (Wildman–Crippen LogP) is -0.0186. The van der Waals surface area contributed by atoms with Gasteiger partial charge in [0.15, 0.2) is 6.61 Å². The summed E-state index contributed by atoms with van der Waals surface area (Å²) in [6.45, 7) is 0.895. The molecule has 0 aliphatic carbocycles. The Morgan fingerprint density at radius 1 is 1.32 bits per heavy atom. The maximum atomic E-state index is 11.9. The molecule has 0 saturated carbocycles. The first-order chi connectivity index (χ1) is 9.06. The third-order valence-electron chi connectivity index (χ3n) is 3.19. The number of likely N-dealkylation sites (tertiary alicyclic amines) is 1. The zero-order valence-electron chi connectivity index (χ0n) is 10.5. The quantitative estimate of drug-likeness (QED) is 0.746. The smallest absolute Gasteiger partial charge is 0.260 e. The molecule has 1 heterocycles. The van der Waals surface area contributed by atoms with Crippen LogP contribution in [0.1, 0.15) is 6.42 Å². The molecule has 0 radical (unpaired) electrons. The van der Waals surface area contributed by atoms with Crippen molar-refractivity contribution in [3.8, 4) is 5.75 Å². The van der Waals surface area contributed by atoms with E-state index in [0.29, 0.717) is 30.9 Å². The number of hydrogen-bond acceptors (Lipinski definition) is 4. The van der Waals surface area contributed by atoms with E-state index in [1.54, 1.807) is 29.2 Å². The zero-order chi connectivity index (χ0) is 13.8. The fraction of sp³-hybridized carbons (Fsp3) is 0.385. The maximum absolute atomic E-state index is 11.9. The van der Waals surface area contributed by atoms with Gasteiger partial charge in [-0.15, -0.1) is 0 Å². The van der Waals surface area contributed by atoms with E-state index in [1.165, 1.54) is 0 Å². The van der Waals surface area contributed by atoms with Crippen LogP contribution in [-0.2, 0) is 9.59 Å². The normalized spacial score (nSPS) is 18.3. The number of nitrogen functional groups attached to an aromatic ring is 1. The number of rotatable bonds is 4. The fourth-order valence-corrected chi connectivity index (χ4v) is 2.02. The molecule has 0 aromatic heterocycles. The van der Waals surface area contributed by atoms with E-state index < -0.39 is 0 Å². The van der Waals surface area contributed by atoms with Crippen LogP contribution in [0.4, 0.5) is 5.69 Å². The van der Waals surface area contributed by atoms with Crippen LogP contribution >= 0.6 is 0 Å². The van der Waals surface area contributed by atoms with Gasteiger partial charge in [0.1, 0.15) is 5.75 Å². The SMILES string of the molecule is NC(=O)C1CCN(C(=O)COc2ccc(N)cc2)C1. The molecule has 1 fully saturated rings. The summed E-state index contributed by atoms with van der Waals surface area (Å²) in [4.78, 5) is 24.5. The number of ether oxygens (including phenoxy) is 1. The highest BCUT2D eigenvalue weighted by atomic mass is 16.5. The minimum atomic E-state index is -0.352. The maximum Gasteiger partial charge on any atom is 0.260 e. The number of primary amides is 1. The predicted molar refractivity (Wildman–Crippen MR) is 70.2 cm³/mol. The fourth-order valence-electron chi connectivity index (χ4n) is 2.02. The molecule has 1 aromatic carbocycles. The molecule has 102 valence electrons. The third kappa shape index (κ3) is 3.37. The monoisotopic (exact) mass is 263 g/mol. The van der Waals surface area contributed by atoms with Crippen molar-refractivity contribution < 1.29 is 14.3 Å². The van der Waals surface area contributed by atoms with Crippen LogP contribution in [0.25, 0.3) is 0 Å². The Bertz CT molecular complexity index is 473. The standard InChI is InChI=1S/C13H17N3O3/c14-10-1-3-11(4-2-10)19-8-12(17)16-6-5-9(7-16)13(15)18/h1-4,9H,5-8,14H2,(H2,15,18). The number of benzene rings is 1. The van der Waals surface area contributed by atoms with Gasteiger partial charge < -0.3 is 21.1 Å². The first-order valence-corrected chi connectivity index (χ1v) is 6.11. The highest BCUT2D eigenvalue weighted by Gasteiger charge is 2.29. The molecule has 1 saturated heterocycles. The Labute approximate surface area is 111 Å². The summed E-state index contributed by atoms with van der Waals surface area (Å²) in [5.41, 5.74) is 11.4. The van der Waals surface area contributed by atoms with Crippen LogP contribution < -0.4 is 16.2 Å². The van der Waals surface area contributed by atoms with Gasteiger partial charge in [-0.3, -0.25) is 9.59 Å². The lowest BCUT2D eigenvalue weighted by Gasteiger charge is -2.16. The summed E-state index contributed by atoms with van der Waals surface area (Å²) in [5.74, 6) is -0.135. The molecule has 19 heavy (non-hydrogen) atoms. The summed E-state index contributed by atoms with van der Waals surface area (Å²) in [7, 11) is 0. The minimum absolute atomic E-state index is 0.0462. The minimum Gasteiger partial charge on any atom is -0.484 e. The number of amides is 2. The first kappa shape index (κ1) is 13.2. The molecule has 1 unspecified atom stereocenters. The van der Waals surface area contributed by atoms with E-state index in [4.69, 9.17) is 16.2 Å². The molecular formula is C13H17N3O3. The Kier molecular flexibility index (Phi) is 3.89. The van der Waals surface area contributed by atoms with Gasteiger partial charge in [-0.2, -0.15) is 0 Å². The average molecular weight is 263 g/mol. The van der Waals surface area contributed by atoms with Crippen molar-refractivity contribution in [3.05, 3.63) is 24.3 Å². The van der Waals surface area contributed by atoms with E-state index in [9.17, 15) is 9.59 Å². The van der Waals surface area contributed by atoms with E-state index in [0.717, 1.165) is 0 Å². The van der Waals surface area contributed by atoms with Crippen molar-refractivity contribution in [1.82, 2.24) is 4.90 Å². The lowest BCUT2D eigenvalue weighted by molar-refractivity contribution is -0.132. The van der Waals surface area contributed by atoms with Gasteiger partial charge in [0, 0.05) is 18.8 Å². The van der Waals surface area contributed by atoms with Crippen LogP contribution in [0.2, 0.25) is 0 Å². The number of nitrogens with two attached hydrogens (primary N) is 2. The summed E-state index contributed by atoms with van der Waals surface area (Å²) in [6.07, 6.45) is 0.628. The summed E-state index contributed by atoms with van der Waals surface area (Å²) >= 11 is 0. The van der Waals surface area contributed by atoms with Crippen LogP contribution in [0.5, 0.6) is 5.75 Å². The van der Waals surface area contributed by atoms with Gasteiger partial charge in [0.05, 0.1) is 5.92 Å². The number of hydrogen-bond donors (Lipinski definition) is 2. The molecule has 4 N–H and O–H groups in total. The van der Waals surface area contributed by atoms with Gasteiger partial charge in [0.2, 0.25) is 5.91 Å². The average Bonchev–Trinajstić information content (AvgIpc) is 2.87. The lowest BCUT2D eigenvalue weighted by atomic mass is 10.1. The molecule has 6 nitrogen and oxygen atoms in total. The molecule has 1 aliphatic heterocycles. The van der Waals surface area contributed by atoms with Gasteiger partial charge in [-0.1, -0.05) is 0 Å². The van der Waals surface area contributed by atoms with E-state index >= 15 is 0 Å². The number of anilines is 1. The van der Waals surface area contributed by atoms with E-state index in [2.05, 4.69) is 0 Å². The van der Waals surface area contributed by atoms with Crippen molar-refractivity contribution >= 4 is 17.5 Å². The van der Waals surface area contributed by atoms with E-state index in [-0.39, 0.29) is 24.3 Å². The van der Waals surface area contributed by atoms with Gasteiger partial charge in [0.25, 0.3) is 5.91 Å². The van der Waals surface area contributed by atoms with Crippen molar-refractivity contribution in [2.24, 2.45) is 11.7 Å². The third-order valence-corrected chi connectivity index (χ3v) is 3.19. The number of carbonyl (C=O) groups excluding carboxylic acids is 2. The first-order valence-electron chi connectivity index (χ1n) is 6.11.